The molecule has 0 saturated heterocycles. The van der Waals surface area contributed by atoms with Crippen LogP contribution in [0.1, 0.15) is 43.9 Å². The van der Waals surface area contributed by atoms with Crippen LogP contribution in [-0.2, 0) is 4.79 Å². The minimum absolute atomic E-state index is 0.0548. The summed E-state index contributed by atoms with van der Waals surface area (Å²) in [5.41, 5.74) is 2.90. The summed E-state index contributed by atoms with van der Waals surface area (Å²) < 4.78 is 0. The van der Waals surface area contributed by atoms with Gasteiger partial charge in [0.1, 0.15) is 0 Å². The first-order chi connectivity index (χ1) is 11.4. The van der Waals surface area contributed by atoms with Crippen molar-refractivity contribution in [3.63, 3.8) is 0 Å². The Morgan fingerprint density at radius 2 is 1.75 bits per heavy atom. The normalized spacial score (nSPS) is 12.2. The fraction of sp³-hybridized carbons (Fsp3) is 0.316. The molecular weight excluding hydrogens is 343 g/mol. The summed E-state index contributed by atoms with van der Waals surface area (Å²) in [6.07, 6.45) is 0. The van der Waals surface area contributed by atoms with Gasteiger partial charge < -0.3 is 10.6 Å². The molecule has 24 heavy (non-hydrogen) atoms. The summed E-state index contributed by atoms with van der Waals surface area (Å²) in [6.45, 7) is 6.37. The fourth-order valence-corrected chi connectivity index (χ4v) is 3.09. The third kappa shape index (κ3) is 4.97. The summed E-state index contributed by atoms with van der Waals surface area (Å²) >= 11 is 12.1. The zero-order valence-corrected chi connectivity index (χ0v) is 15.6. The molecule has 0 aliphatic carbocycles. The Morgan fingerprint density at radius 3 is 2.42 bits per heavy atom. The van der Waals surface area contributed by atoms with Gasteiger partial charge in [0.15, 0.2) is 0 Å². The van der Waals surface area contributed by atoms with Crippen molar-refractivity contribution in [1.82, 2.24) is 5.32 Å². The second-order valence-corrected chi connectivity index (χ2v) is 6.90. The molecule has 1 amide bonds. The summed E-state index contributed by atoms with van der Waals surface area (Å²) in [6, 6.07) is 13.2. The van der Waals surface area contributed by atoms with Gasteiger partial charge in [0.2, 0.25) is 5.91 Å². The third-order valence-corrected chi connectivity index (χ3v) is 4.42. The van der Waals surface area contributed by atoms with Gasteiger partial charge in [-0.15, -0.1) is 0 Å². The number of hydrogen-bond acceptors (Lipinski definition) is 2. The SMILES string of the molecule is CC(C)c1ccccc1NC(=O)CN[C@H](C)c1ccc(Cl)cc1Cl. The second kappa shape index (κ2) is 8.52. The largest absolute Gasteiger partial charge is 0.325 e. The van der Waals surface area contributed by atoms with E-state index in [9.17, 15) is 4.79 Å². The number of hydrogen-bond donors (Lipinski definition) is 2. The number of carbonyl (C=O) groups excluding carboxylic acids is 1. The van der Waals surface area contributed by atoms with Crippen molar-refractivity contribution < 1.29 is 4.79 Å². The Bertz CT molecular complexity index is 716. The van der Waals surface area contributed by atoms with E-state index in [1.807, 2.05) is 37.3 Å². The minimum Gasteiger partial charge on any atom is -0.325 e. The van der Waals surface area contributed by atoms with Gasteiger partial charge in [-0.1, -0.05) is 61.3 Å². The maximum Gasteiger partial charge on any atom is 0.238 e. The molecule has 2 rings (SSSR count). The lowest BCUT2D eigenvalue weighted by atomic mass is 10.0. The van der Waals surface area contributed by atoms with Gasteiger partial charge in [-0.3, -0.25) is 4.79 Å². The van der Waals surface area contributed by atoms with Crippen LogP contribution in [0.2, 0.25) is 10.0 Å². The predicted molar refractivity (Wildman–Crippen MR) is 102 cm³/mol. The zero-order chi connectivity index (χ0) is 17.7. The Labute approximate surface area is 153 Å². The highest BCUT2D eigenvalue weighted by molar-refractivity contribution is 6.35. The fourth-order valence-electron chi connectivity index (χ4n) is 2.52. The summed E-state index contributed by atoms with van der Waals surface area (Å²) in [5.74, 6) is 0.265. The molecule has 0 unspecified atom stereocenters. The molecule has 0 saturated carbocycles. The van der Waals surface area contributed by atoms with Crippen LogP contribution in [0.25, 0.3) is 0 Å². The molecule has 0 aliphatic heterocycles. The van der Waals surface area contributed by atoms with Crippen LogP contribution in [-0.4, -0.2) is 12.5 Å². The molecular formula is C19H22Cl2N2O. The van der Waals surface area contributed by atoms with Gasteiger partial charge in [-0.25, -0.2) is 0 Å². The predicted octanol–water partition coefficient (Wildman–Crippen LogP) is 5.41. The number of amides is 1. The third-order valence-electron chi connectivity index (χ3n) is 3.85. The Hall–Kier alpha value is -1.55. The zero-order valence-electron chi connectivity index (χ0n) is 14.1. The highest BCUT2D eigenvalue weighted by Crippen LogP contribution is 2.26. The lowest BCUT2D eigenvalue weighted by Gasteiger charge is -2.17. The molecule has 2 N–H and O–H groups in total. The van der Waals surface area contributed by atoms with Crippen molar-refractivity contribution in [3.8, 4) is 0 Å². The van der Waals surface area contributed by atoms with E-state index in [1.54, 1.807) is 12.1 Å². The molecule has 2 aromatic carbocycles. The lowest BCUT2D eigenvalue weighted by Crippen LogP contribution is -2.30. The molecule has 2 aromatic rings. The van der Waals surface area contributed by atoms with Gasteiger partial charge in [-0.2, -0.15) is 0 Å². The standard InChI is InChI=1S/C19H22Cl2N2O/c1-12(2)15-6-4-5-7-18(15)23-19(24)11-22-13(3)16-9-8-14(20)10-17(16)21/h4-10,12-13,22H,11H2,1-3H3,(H,23,24)/t13-/m1/s1. The minimum atomic E-state index is -0.0833. The number of rotatable bonds is 6. The van der Waals surface area contributed by atoms with Crippen LogP contribution in [0, 0.1) is 0 Å². The second-order valence-electron chi connectivity index (χ2n) is 6.06. The molecule has 0 radical (unpaired) electrons. The van der Waals surface area contributed by atoms with Crippen LogP contribution in [0.3, 0.4) is 0 Å². The molecule has 5 heteroatoms. The lowest BCUT2D eigenvalue weighted by molar-refractivity contribution is -0.115. The van der Waals surface area contributed by atoms with Crippen molar-refractivity contribution in [3.05, 3.63) is 63.6 Å². The van der Waals surface area contributed by atoms with Crippen molar-refractivity contribution in [2.75, 3.05) is 11.9 Å². The van der Waals surface area contributed by atoms with Crippen molar-refractivity contribution >= 4 is 34.8 Å². The van der Waals surface area contributed by atoms with Crippen LogP contribution in [0.4, 0.5) is 5.69 Å². The van der Waals surface area contributed by atoms with Gasteiger partial charge in [0.05, 0.1) is 6.54 Å². The molecule has 0 bridgehead atoms. The van der Waals surface area contributed by atoms with Crippen LogP contribution in [0.15, 0.2) is 42.5 Å². The van der Waals surface area contributed by atoms with E-state index in [0.29, 0.717) is 16.0 Å². The maximum absolute atomic E-state index is 12.2. The van der Waals surface area contributed by atoms with Gasteiger partial charge in [0, 0.05) is 21.8 Å². The molecule has 0 aromatic heterocycles. The van der Waals surface area contributed by atoms with Gasteiger partial charge in [0.25, 0.3) is 0 Å². The number of anilines is 1. The molecule has 0 fully saturated rings. The van der Waals surface area contributed by atoms with Crippen LogP contribution < -0.4 is 10.6 Å². The maximum atomic E-state index is 12.2. The number of para-hydroxylation sites is 1. The Kier molecular flexibility index (Phi) is 6.67. The van der Waals surface area contributed by atoms with Crippen molar-refractivity contribution in [1.29, 1.82) is 0 Å². The van der Waals surface area contributed by atoms with E-state index in [0.717, 1.165) is 16.8 Å². The number of benzene rings is 2. The molecule has 0 heterocycles. The summed E-state index contributed by atoms with van der Waals surface area (Å²) in [7, 11) is 0. The first-order valence-electron chi connectivity index (χ1n) is 7.95. The molecule has 128 valence electrons. The van der Waals surface area contributed by atoms with Crippen molar-refractivity contribution in [2.45, 2.75) is 32.7 Å². The van der Waals surface area contributed by atoms with E-state index in [4.69, 9.17) is 23.2 Å². The van der Waals surface area contributed by atoms with Crippen LogP contribution in [0.5, 0.6) is 0 Å². The quantitative estimate of drug-likeness (QED) is 0.719. The molecule has 3 nitrogen and oxygen atoms in total. The number of carbonyl (C=O) groups is 1. The summed E-state index contributed by atoms with van der Waals surface area (Å²) in [5, 5.41) is 7.34. The highest BCUT2D eigenvalue weighted by atomic mass is 35.5. The smallest absolute Gasteiger partial charge is 0.238 e. The van der Waals surface area contributed by atoms with E-state index in [2.05, 4.69) is 24.5 Å². The molecule has 0 spiro atoms. The van der Waals surface area contributed by atoms with Gasteiger partial charge in [-0.05, 0) is 42.2 Å². The highest BCUT2D eigenvalue weighted by Gasteiger charge is 2.13. The molecule has 1 atom stereocenters. The van der Waals surface area contributed by atoms with E-state index < -0.39 is 0 Å². The number of halogens is 2. The van der Waals surface area contributed by atoms with Gasteiger partial charge >= 0.3 is 0 Å². The topological polar surface area (TPSA) is 41.1 Å². The van der Waals surface area contributed by atoms with Crippen molar-refractivity contribution in [2.24, 2.45) is 0 Å². The average Bonchev–Trinajstić information content (AvgIpc) is 2.53. The average molecular weight is 365 g/mol. The molecule has 0 aliphatic rings. The number of nitrogens with one attached hydrogen (secondary N) is 2. The monoisotopic (exact) mass is 364 g/mol. The first-order valence-corrected chi connectivity index (χ1v) is 8.71. The summed E-state index contributed by atoms with van der Waals surface area (Å²) in [4.78, 5) is 12.2. The Morgan fingerprint density at radius 1 is 1.04 bits per heavy atom. The van der Waals surface area contributed by atoms with E-state index >= 15 is 0 Å². The first kappa shape index (κ1) is 18.8. The van der Waals surface area contributed by atoms with Crippen LogP contribution >= 0.6 is 23.2 Å². The Balaban J connectivity index is 1.96. The van der Waals surface area contributed by atoms with E-state index in [1.165, 1.54) is 0 Å². The van der Waals surface area contributed by atoms with E-state index in [-0.39, 0.29) is 18.5 Å².